The molecule has 4 nitrogen and oxygen atoms in total. The van der Waals surface area contributed by atoms with E-state index < -0.39 is 0 Å². The van der Waals surface area contributed by atoms with Gasteiger partial charge < -0.3 is 10.1 Å². The lowest BCUT2D eigenvalue weighted by molar-refractivity contribution is -0.111. The van der Waals surface area contributed by atoms with Crippen LogP contribution in [0.1, 0.15) is 31.2 Å². The molecule has 1 aromatic heterocycles. The van der Waals surface area contributed by atoms with E-state index in [0.29, 0.717) is 6.10 Å². The van der Waals surface area contributed by atoms with E-state index in [1.54, 1.807) is 18.5 Å². The Bertz CT molecular complexity index is 660. The molecule has 1 fully saturated rings. The van der Waals surface area contributed by atoms with E-state index in [9.17, 15) is 4.79 Å². The molecule has 1 saturated carbocycles. The number of hydrogen-bond donors (Lipinski definition) is 1. The predicted octanol–water partition coefficient (Wildman–Crippen LogP) is 4.05. The summed E-state index contributed by atoms with van der Waals surface area (Å²) in [4.78, 5) is 15.9. The van der Waals surface area contributed by atoms with Gasteiger partial charge in [0.1, 0.15) is 5.75 Å². The molecule has 4 heteroatoms. The molecule has 23 heavy (non-hydrogen) atoms. The molecule has 1 N–H and O–H groups in total. The number of ether oxygens (including phenoxy) is 1. The highest BCUT2D eigenvalue weighted by atomic mass is 16.5. The third-order valence-corrected chi connectivity index (χ3v) is 3.84. The van der Waals surface area contributed by atoms with Crippen LogP contribution in [0.2, 0.25) is 0 Å². The molecular formula is C19H20N2O2. The lowest BCUT2D eigenvalue weighted by Crippen LogP contribution is -2.11. The van der Waals surface area contributed by atoms with E-state index in [-0.39, 0.29) is 5.91 Å². The number of hydrogen-bond acceptors (Lipinski definition) is 3. The van der Waals surface area contributed by atoms with Crippen LogP contribution in [0.25, 0.3) is 6.08 Å². The molecule has 0 saturated heterocycles. The van der Waals surface area contributed by atoms with E-state index in [1.807, 2.05) is 36.4 Å². The molecule has 0 aliphatic heterocycles. The van der Waals surface area contributed by atoms with Gasteiger partial charge in [0, 0.05) is 24.2 Å². The second-order valence-corrected chi connectivity index (χ2v) is 5.66. The number of nitrogens with one attached hydrogen (secondary N) is 1. The van der Waals surface area contributed by atoms with E-state index in [0.717, 1.165) is 29.8 Å². The predicted molar refractivity (Wildman–Crippen MR) is 91.2 cm³/mol. The Morgan fingerprint density at radius 2 is 1.96 bits per heavy atom. The maximum absolute atomic E-state index is 11.9. The van der Waals surface area contributed by atoms with E-state index in [2.05, 4.69) is 10.3 Å². The first-order chi connectivity index (χ1) is 11.3. The van der Waals surface area contributed by atoms with Gasteiger partial charge in [-0.05, 0) is 67.7 Å². The smallest absolute Gasteiger partial charge is 0.248 e. The van der Waals surface area contributed by atoms with Crippen molar-refractivity contribution < 1.29 is 9.53 Å². The minimum absolute atomic E-state index is 0.168. The number of nitrogens with zero attached hydrogens (tertiary/aromatic N) is 1. The van der Waals surface area contributed by atoms with Crippen molar-refractivity contribution in [1.29, 1.82) is 0 Å². The Kier molecular flexibility index (Phi) is 5.04. The minimum Gasteiger partial charge on any atom is -0.490 e. The number of anilines is 1. The zero-order valence-corrected chi connectivity index (χ0v) is 12.9. The Morgan fingerprint density at radius 3 is 2.65 bits per heavy atom. The van der Waals surface area contributed by atoms with Crippen LogP contribution in [-0.2, 0) is 4.79 Å². The van der Waals surface area contributed by atoms with Crippen LogP contribution in [0.5, 0.6) is 5.75 Å². The highest BCUT2D eigenvalue weighted by molar-refractivity contribution is 6.01. The van der Waals surface area contributed by atoms with Crippen molar-refractivity contribution >= 4 is 17.7 Å². The fraction of sp³-hybridized carbons (Fsp3) is 0.263. The second-order valence-electron chi connectivity index (χ2n) is 5.66. The van der Waals surface area contributed by atoms with Gasteiger partial charge in [-0.15, -0.1) is 0 Å². The largest absolute Gasteiger partial charge is 0.490 e. The molecule has 0 atom stereocenters. The Morgan fingerprint density at radius 1 is 1.17 bits per heavy atom. The zero-order valence-electron chi connectivity index (χ0n) is 12.9. The van der Waals surface area contributed by atoms with Crippen LogP contribution in [-0.4, -0.2) is 17.0 Å². The molecule has 0 bridgehead atoms. The Hall–Kier alpha value is -2.62. The van der Waals surface area contributed by atoms with E-state index in [4.69, 9.17) is 4.74 Å². The topological polar surface area (TPSA) is 51.2 Å². The average molecular weight is 308 g/mol. The van der Waals surface area contributed by atoms with Crippen molar-refractivity contribution in [3.05, 3.63) is 60.4 Å². The number of benzene rings is 1. The maximum Gasteiger partial charge on any atom is 0.248 e. The molecule has 1 aromatic carbocycles. The zero-order chi connectivity index (χ0) is 15.9. The molecule has 1 amide bonds. The summed E-state index contributed by atoms with van der Waals surface area (Å²) in [6.45, 7) is 0. The summed E-state index contributed by atoms with van der Waals surface area (Å²) in [5.41, 5.74) is 1.65. The number of carbonyl (C=O) groups excluding carboxylic acids is 1. The Labute approximate surface area is 136 Å². The lowest BCUT2D eigenvalue weighted by Gasteiger charge is -2.13. The molecule has 1 heterocycles. The van der Waals surface area contributed by atoms with Gasteiger partial charge >= 0.3 is 0 Å². The van der Waals surface area contributed by atoms with Crippen LogP contribution < -0.4 is 10.1 Å². The third kappa shape index (κ3) is 4.68. The second kappa shape index (κ2) is 7.58. The summed E-state index contributed by atoms with van der Waals surface area (Å²) >= 11 is 0. The first-order valence-electron chi connectivity index (χ1n) is 7.95. The number of rotatable bonds is 5. The SMILES string of the molecule is O=C(/C=C/c1cccnc1)Nc1ccc(OC2CCCC2)cc1. The van der Waals surface area contributed by atoms with Crippen molar-refractivity contribution in [3.63, 3.8) is 0 Å². The summed E-state index contributed by atoms with van der Waals surface area (Å²) < 4.78 is 5.91. The third-order valence-electron chi connectivity index (χ3n) is 3.84. The normalized spacial score (nSPS) is 15.0. The molecule has 0 unspecified atom stereocenters. The van der Waals surface area contributed by atoms with Gasteiger partial charge in [0.25, 0.3) is 0 Å². The van der Waals surface area contributed by atoms with Gasteiger partial charge in [-0.1, -0.05) is 6.07 Å². The quantitative estimate of drug-likeness (QED) is 0.848. The van der Waals surface area contributed by atoms with Gasteiger partial charge in [0.2, 0.25) is 5.91 Å². The summed E-state index contributed by atoms with van der Waals surface area (Å²) in [6.07, 6.45) is 11.8. The van der Waals surface area contributed by atoms with Crippen molar-refractivity contribution in [2.45, 2.75) is 31.8 Å². The first kappa shape index (κ1) is 15.3. The van der Waals surface area contributed by atoms with Gasteiger partial charge in [0.05, 0.1) is 6.10 Å². The summed E-state index contributed by atoms with van der Waals surface area (Å²) in [5, 5.41) is 2.83. The van der Waals surface area contributed by atoms with Gasteiger partial charge in [-0.2, -0.15) is 0 Å². The molecule has 118 valence electrons. The van der Waals surface area contributed by atoms with Crippen LogP contribution in [0.4, 0.5) is 5.69 Å². The van der Waals surface area contributed by atoms with Crippen LogP contribution >= 0.6 is 0 Å². The minimum atomic E-state index is -0.168. The number of aromatic nitrogens is 1. The molecule has 1 aliphatic rings. The summed E-state index contributed by atoms with van der Waals surface area (Å²) in [5.74, 6) is 0.694. The molecule has 2 aromatic rings. The van der Waals surface area contributed by atoms with Crippen LogP contribution in [0.15, 0.2) is 54.9 Å². The van der Waals surface area contributed by atoms with Crippen molar-refractivity contribution in [2.75, 3.05) is 5.32 Å². The Balaban J connectivity index is 1.53. The fourth-order valence-corrected chi connectivity index (χ4v) is 2.65. The van der Waals surface area contributed by atoms with E-state index in [1.165, 1.54) is 18.9 Å². The van der Waals surface area contributed by atoms with Crippen molar-refractivity contribution in [1.82, 2.24) is 4.98 Å². The van der Waals surface area contributed by atoms with Gasteiger partial charge in [-0.25, -0.2) is 0 Å². The first-order valence-corrected chi connectivity index (χ1v) is 7.95. The maximum atomic E-state index is 11.9. The van der Waals surface area contributed by atoms with Gasteiger partial charge in [-0.3, -0.25) is 9.78 Å². The highest BCUT2D eigenvalue weighted by Crippen LogP contribution is 2.24. The number of amides is 1. The van der Waals surface area contributed by atoms with Crippen molar-refractivity contribution in [3.8, 4) is 5.75 Å². The standard InChI is InChI=1S/C19H20N2O2/c22-19(12-7-15-4-3-13-20-14-15)21-16-8-10-18(11-9-16)23-17-5-1-2-6-17/h3-4,7-14,17H,1-2,5-6H2,(H,21,22)/b12-7+. The van der Waals surface area contributed by atoms with Crippen LogP contribution in [0, 0.1) is 0 Å². The molecule has 3 rings (SSSR count). The van der Waals surface area contributed by atoms with Gasteiger partial charge in [0.15, 0.2) is 0 Å². The van der Waals surface area contributed by atoms with Crippen molar-refractivity contribution in [2.24, 2.45) is 0 Å². The number of carbonyl (C=O) groups is 1. The molecule has 0 spiro atoms. The van der Waals surface area contributed by atoms with E-state index >= 15 is 0 Å². The summed E-state index contributed by atoms with van der Waals surface area (Å²) in [7, 11) is 0. The van der Waals surface area contributed by atoms with Crippen LogP contribution in [0.3, 0.4) is 0 Å². The molecular weight excluding hydrogens is 288 g/mol. The summed E-state index contributed by atoms with van der Waals surface area (Å²) in [6, 6.07) is 11.3. The monoisotopic (exact) mass is 308 g/mol. The molecule has 1 aliphatic carbocycles. The number of pyridine rings is 1. The highest BCUT2D eigenvalue weighted by Gasteiger charge is 2.16. The fourth-order valence-electron chi connectivity index (χ4n) is 2.65. The lowest BCUT2D eigenvalue weighted by atomic mass is 10.2. The average Bonchev–Trinajstić information content (AvgIpc) is 3.09. The molecule has 0 radical (unpaired) electrons.